The number of carbonyl (C=O) groups excluding carboxylic acids is 3. The van der Waals surface area contributed by atoms with E-state index in [1.807, 2.05) is 12.1 Å². The summed E-state index contributed by atoms with van der Waals surface area (Å²) in [4.78, 5) is 40.9. The van der Waals surface area contributed by atoms with Gasteiger partial charge in [0.25, 0.3) is 5.91 Å². The van der Waals surface area contributed by atoms with Gasteiger partial charge in [0.2, 0.25) is 11.8 Å². The van der Waals surface area contributed by atoms with Gasteiger partial charge in [0.05, 0.1) is 0 Å². The number of rotatable bonds is 5. The van der Waals surface area contributed by atoms with Crippen LogP contribution in [0.25, 0.3) is 0 Å². The van der Waals surface area contributed by atoms with Crippen molar-refractivity contribution in [2.24, 2.45) is 0 Å². The number of nitrogens with one attached hydrogen (secondary N) is 2. The number of hydrogen-bond donors (Lipinski definition) is 2. The van der Waals surface area contributed by atoms with Crippen LogP contribution in [0.5, 0.6) is 0 Å². The molecular formula is C22H30N4O3. The van der Waals surface area contributed by atoms with Crippen LogP contribution < -0.4 is 10.6 Å². The highest BCUT2D eigenvalue weighted by Gasteiger charge is 2.39. The predicted molar refractivity (Wildman–Crippen MR) is 109 cm³/mol. The van der Waals surface area contributed by atoms with Gasteiger partial charge in [0.1, 0.15) is 6.04 Å². The van der Waals surface area contributed by atoms with Gasteiger partial charge < -0.3 is 10.2 Å². The van der Waals surface area contributed by atoms with Crippen LogP contribution in [-0.2, 0) is 22.7 Å². The third-order valence-electron chi connectivity index (χ3n) is 6.52. The molecule has 0 radical (unpaired) electrons. The standard InChI is InChI=1S/C22H30N4O3/c1-2-25(16-6-4-11-23-12-10-16)13-15-5-3-7-17-18(15)14-26(22(17)29)19-8-9-20(27)24-21(19)28/h3,5,7,16,19,23H,2,4,6,8-14H2,1H3,(H,24,27,28). The second-order valence-electron chi connectivity index (χ2n) is 8.24. The fraction of sp³-hybridized carbons (Fsp3) is 0.591. The molecule has 2 fully saturated rings. The van der Waals surface area contributed by atoms with E-state index >= 15 is 0 Å². The van der Waals surface area contributed by atoms with Crippen LogP contribution in [0.2, 0.25) is 0 Å². The summed E-state index contributed by atoms with van der Waals surface area (Å²) in [5.41, 5.74) is 2.91. The van der Waals surface area contributed by atoms with Crippen LogP contribution in [0.4, 0.5) is 0 Å². The lowest BCUT2D eigenvalue weighted by molar-refractivity contribution is -0.136. The fourth-order valence-electron chi connectivity index (χ4n) is 4.88. The van der Waals surface area contributed by atoms with Gasteiger partial charge in [0.15, 0.2) is 0 Å². The maximum absolute atomic E-state index is 13.0. The van der Waals surface area contributed by atoms with E-state index in [0.717, 1.165) is 38.2 Å². The number of amides is 3. The van der Waals surface area contributed by atoms with Crippen molar-refractivity contribution in [3.05, 3.63) is 34.9 Å². The first-order valence-corrected chi connectivity index (χ1v) is 10.8. The number of benzene rings is 1. The molecule has 3 heterocycles. The third-order valence-corrected chi connectivity index (χ3v) is 6.52. The van der Waals surface area contributed by atoms with Crippen molar-refractivity contribution in [2.45, 2.75) is 64.2 Å². The molecule has 4 rings (SSSR count). The lowest BCUT2D eigenvalue weighted by atomic mass is 10.0. The average molecular weight is 399 g/mol. The molecule has 3 amide bonds. The van der Waals surface area contributed by atoms with E-state index in [-0.39, 0.29) is 24.1 Å². The van der Waals surface area contributed by atoms with Gasteiger partial charge in [-0.3, -0.25) is 24.6 Å². The van der Waals surface area contributed by atoms with Gasteiger partial charge in [-0.2, -0.15) is 0 Å². The van der Waals surface area contributed by atoms with E-state index < -0.39 is 6.04 Å². The molecule has 156 valence electrons. The Morgan fingerprint density at radius 3 is 2.79 bits per heavy atom. The minimum Gasteiger partial charge on any atom is -0.322 e. The molecular weight excluding hydrogens is 368 g/mol. The van der Waals surface area contributed by atoms with Gasteiger partial charge in [-0.15, -0.1) is 0 Å². The Bertz CT molecular complexity index is 801. The number of imide groups is 1. The van der Waals surface area contributed by atoms with E-state index in [2.05, 4.69) is 28.5 Å². The van der Waals surface area contributed by atoms with Crippen LogP contribution in [0, 0.1) is 0 Å². The van der Waals surface area contributed by atoms with Gasteiger partial charge in [-0.1, -0.05) is 19.1 Å². The SMILES string of the molecule is CCN(Cc1cccc2c1CN(C1CCC(=O)NC1=O)C2=O)C1CCCNCC1. The third kappa shape index (κ3) is 4.07. The first kappa shape index (κ1) is 20.0. The molecule has 7 nitrogen and oxygen atoms in total. The number of hydrogen-bond acceptors (Lipinski definition) is 5. The second-order valence-corrected chi connectivity index (χ2v) is 8.24. The quantitative estimate of drug-likeness (QED) is 0.733. The minimum absolute atomic E-state index is 0.0990. The molecule has 1 aromatic rings. The van der Waals surface area contributed by atoms with E-state index in [1.165, 1.54) is 18.4 Å². The van der Waals surface area contributed by atoms with Crippen molar-refractivity contribution in [1.82, 2.24) is 20.4 Å². The van der Waals surface area contributed by atoms with Crippen LogP contribution in [0.1, 0.15) is 60.5 Å². The maximum atomic E-state index is 13.0. The Hall–Kier alpha value is -2.25. The number of piperidine rings is 1. The van der Waals surface area contributed by atoms with Gasteiger partial charge >= 0.3 is 0 Å². The first-order chi connectivity index (χ1) is 14.1. The summed E-state index contributed by atoms with van der Waals surface area (Å²) in [6.07, 6.45) is 4.20. The summed E-state index contributed by atoms with van der Waals surface area (Å²) >= 11 is 0. The minimum atomic E-state index is -0.560. The van der Waals surface area contributed by atoms with E-state index in [9.17, 15) is 14.4 Å². The molecule has 0 bridgehead atoms. The largest absolute Gasteiger partial charge is 0.322 e. The smallest absolute Gasteiger partial charge is 0.255 e. The highest BCUT2D eigenvalue weighted by molar-refractivity contribution is 6.05. The topological polar surface area (TPSA) is 81.8 Å². The molecule has 2 unspecified atom stereocenters. The fourth-order valence-corrected chi connectivity index (χ4v) is 4.88. The van der Waals surface area contributed by atoms with E-state index in [1.54, 1.807) is 4.90 Å². The highest BCUT2D eigenvalue weighted by atomic mass is 16.2. The van der Waals surface area contributed by atoms with Crippen LogP contribution in [0.3, 0.4) is 0 Å². The van der Waals surface area contributed by atoms with Crippen molar-refractivity contribution < 1.29 is 14.4 Å². The van der Waals surface area contributed by atoms with Crippen LogP contribution in [0.15, 0.2) is 18.2 Å². The molecule has 3 aliphatic rings. The predicted octanol–water partition coefficient (Wildman–Crippen LogP) is 1.41. The molecule has 1 aromatic carbocycles. The van der Waals surface area contributed by atoms with Crippen molar-refractivity contribution in [3.63, 3.8) is 0 Å². The number of fused-ring (bicyclic) bond motifs is 1. The van der Waals surface area contributed by atoms with Crippen molar-refractivity contribution in [1.29, 1.82) is 0 Å². The van der Waals surface area contributed by atoms with Gasteiger partial charge in [0, 0.05) is 31.1 Å². The summed E-state index contributed by atoms with van der Waals surface area (Å²) in [5.74, 6) is -0.712. The Morgan fingerprint density at radius 1 is 1.14 bits per heavy atom. The maximum Gasteiger partial charge on any atom is 0.255 e. The van der Waals surface area contributed by atoms with Gasteiger partial charge in [-0.05, 0) is 62.5 Å². The summed E-state index contributed by atoms with van der Waals surface area (Å²) < 4.78 is 0. The van der Waals surface area contributed by atoms with E-state index in [4.69, 9.17) is 0 Å². The Kier molecular flexibility index (Phi) is 5.96. The summed E-state index contributed by atoms with van der Waals surface area (Å²) in [5, 5.41) is 5.85. The molecule has 0 aromatic heterocycles. The molecule has 2 N–H and O–H groups in total. The zero-order valence-electron chi connectivity index (χ0n) is 17.1. The Labute approximate surface area is 171 Å². The van der Waals surface area contributed by atoms with Crippen LogP contribution in [-0.4, -0.2) is 59.2 Å². The summed E-state index contributed by atoms with van der Waals surface area (Å²) in [6.45, 7) is 6.57. The van der Waals surface area contributed by atoms with E-state index in [0.29, 0.717) is 24.6 Å². The zero-order valence-corrected chi connectivity index (χ0v) is 17.1. The molecule has 3 aliphatic heterocycles. The molecule has 7 heteroatoms. The first-order valence-electron chi connectivity index (χ1n) is 10.8. The number of nitrogens with zero attached hydrogens (tertiary/aromatic N) is 2. The molecule has 2 saturated heterocycles. The lowest BCUT2D eigenvalue weighted by Crippen LogP contribution is -2.52. The molecule has 0 aliphatic carbocycles. The Morgan fingerprint density at radius 2 is 2.00 bits per heavy atom. The Balaban J connectivity index is 1.53. The summed E-state index contributed by atoms with van der Waals surface area (Å²) in [6, 6.07) is 5.91. The van der Waals surface area contributed by atoms with Crippen molar-refractivity contribution in [3.8, 4) is 0 Å². The summed E-state index contributed by atoms with van der Waals surface area (Å²) in [7, 11) is 0. The highest BCUT2D eigenvalue weighted by Crippen LogP contribution is 2.31. The van der Waals surface area contributed by atoms with Gasteiger partial charge in [-0.25, -0.2) is 0 Å². The monoisotopic (exact) mass is 398 g/mol. The number of carbonyl (C=O) groups is 3. The van der Waals surface area contributed by atoms with Crippen molar-refractivity contribution in [2.75, 3.05) is 19.6 Å². The zero-order chi connectivity index (χ0) is 20.4. The molecule has 0 spiro atoms. The van der Waals surface area contributed by atoms with Crippen LogP contribution >= 0.6 is 0 Å². The average Bonchev–Trinajstić information content (AvgIpc) is 2.89. The van der Waals surface area contributed by atoms with Crippen molar-refractivity contribution >= 4 is 17.7 Å². The lowest BCUT2D eigenvalue weighted by Gasteiger charge is -2.31. The molecule has 2 atom stereocenters. The normalized spacial score (nSPS) is 25.2. The molecule has 29 heavy (non-hydrogen) atoms. The second kappa shape index (κ2) is 8.63. The molecule has 0 saturated carbocycles.